The molecule has 0 unspecified atom stereocenters. The van der Waals surface area contributed by atoms with Crippen molar-refractivity contribution in [3.63, 3.8) is 0 Å². The lowest BCUT2D eigenvalue weighted by atomic mass is 10.1. The Kier molecular flexibility index (Phi) is 6.43. The summed E-state index contributed by atoms with van der Waals surface area (Å²) in [5.41, 5.74) is 2.94. The van der Waals surface area contributed by atoms with Gasteiger partial charge in [-0.2, -0.15) is 5.10 Å². The second kappa shape index (κ2) is 10.00. The normalized spacial score (nSPS) is 17.6. The van der Waals surface area contributed by atoms with Crippen molar-refractivity contribution in [2.75, 3.05) is 51.3 Å². The SMILES string of the molecule is CNC(=O)NC1CCN(Cc2cc3nc(-c4cccc5[nH]ncc45)nc(N4CCOCC4)c3s2)CC1. The van der Waals surface area contributed by atoms with E-state index in [1.807, 2.05) is 18.3 Å². The summed E-state index contributed by atoms with van der Waals surface area (Å²) in [6.07, 6.45) is 3.75. The molecule has 2 aliphatic heterocycles. The Labute approximate surface area is 213 Å². The van der Waals surface area contributed by atoms with Crippen molar-refractivity contribution in [2.24, 2.45) is 0 Å². The monoisotopic (exact) mass is 506 g/mol. The van der Waals surface area contributed by atoms with Crippen LogP contribution in [0.5, 0.6) is 0 Å². The molecule has 5 heterocycles. The Morgan fingerprint density at radius 3 is 2.83 bits per heavy atom. The number of nitrogens with zero attached hydrogens (tertiary/aromatic N) is 5. The molecule has 36 heavy (non-hydrogen) atoms. The lowest BCUT2D eigenvalue weighted by Gasteiger charge is -2.31. The van der Waals surface area contributed by atoms with Crippen molar-refractivity contribution < 1.29 is 9.53 Å². The molecule has 2 saturated heterocycles. The number of urea groups is 1. The molecule has 6 rings (SSSR count). The van der Waals surface area contributed by atoms with Crippen molar-refractivity contribution in [3.8, 4) is 11.4 Å². The van der Waals surface area contributed by atoms with E-state index in [1.165, 1.54) is 4.88 Å². The van der Waals surface area contributed by atoms with Crippen LogP contribution in [0.25, 0.3) is 32.5 Å². The average molecular weight is 507 g/mol. The summed E-state index contributed by atoms with van der Waals surface area (Å²) in [5, 5.41) is 14.0. The summed E-state index contributed by atoms with van der Waals surface area (Å²) >= 11 is 1.79. The zero-order valence-corrected chi connectivity index (χ0v) is 21.1. The molecule has 0 bridgehead atoms. The first kappa shape index (κ1) is 23.1. The van der Waals surface area contributed by atoms with Crippen LogP contribution in [0.15, 0.2) is 30.5 Å². The summed E-state index contributed by atoms with van der Waals surface area (Å²) in [6, 6.07) is 8.44. The first-order valence-electron chi connectivity index (χ1n) is 12.4. The van der Waals surface area contributed by atoms with Crippen LogP contribution in [0.2, 0.25) is 0 Å². The number of aromatic amines is 1. The number of anilines is 1. The number of hydrogen-bond donors (Lipinski definition) is 3. The Morgan fingerprint density at radius 2 is 2.03 bits per heavy atom. The minimum absolute atomic E-state index is 0.103. The first-order chi connectivity index (χ1) is 17.7. The van der Waals surface area contributed by atoms with Gasteiger partial charge in [0.2, 0.25) is 0 Å². The zero-order valence-electron chi connectivity index (χ0n) is 20.3. The maximum Gasteiger partial charge on any atom is 0.314 e. The van der Waals surface area contributed by atoms with E-state index in [4.69, 9.17) is 14.7 Å². The second-order valence-electron chi connectivity index (χ2n) is 9.31. The fourth-order valence-corrected chi connectivity index (χ4v) is 6.18. The highest BCUT2D eigenvalue weighted by Gasteiger charge is 2.24. The Hall–Kier alpha value is -3.28. The van der Waals surface area contributed by atoms with Crippen molar-refractivity contribution in [2.45, 2.75) is 25.4 Å². The lowest BCUT2D eigenvalue weighted by molar-refractivity contribution is 0.122. The van der Waals surface area contributed by atoms with E-state index in [1.54, 1.807) is 18.4 Å². The predicted molar refractivity (Wildman–Crippen MR) is 141 cm³/mol. The summed E-state index contributed by atoms with van der Waals surface area (Å²) in [5.74, 6) is 1.71. The third-order valence-corrected chi connectivity index (χ3v) is 8.08. The van der Waals surface area contributed by atoms with Crippen LogP contribution in [0.4, 0.5) is 10.6 Å². The molecule has 188 valence electrons. The van der Waals surface area contributed by atoms with Crippen molar-refractivity contribution >= 4 is 44.3 Å². The van der Waals surface area contributed by atoms with Crippen LogP contribution in [0, 0.1) is 0 Å². The number of nitrogens with one attached hydrogen (secondary N) is 3. The quantitative estimate of drug-likeness (QED) is 0.382. The number of benzene rings is 1. The number of thiophene rings is 1. The largest absolute Gasteiger partial charge is 0.378 e. The van der Waals surface area contributed by atoms with Gasteiger partial charge < -0.3 is 20.3 Å². The molecule has 3 aromatic heterocycles. The van der Waals surface area contributed by atoms with E-state index < -0.39 is 0 Å². The highest BCUT2D eigenvalue weighted by molar-refractivity contribution is 7.19. The number of piperidine rings is 1. The number of ether oxygens (including phenoxy) is 1. The fraction of sp³-hybridized carbons (Fsp3) is 0.440. The van der Waals surface area contributed by atoms with Gasteiger partial charge in [0, 0.05) is 61.6 Å². The van der Waals surface area contributed by atoms with Crippen LogP contribution < -0.4 is 15.5 Å². The summed E-state index contributed by atoms with van der Waals surface area (Å²) in [4.78, 5) is 27.8. The lowest BCUT2D eigenvalue weighted by Crippen LogP contribution is -2.46. The van der Waals surface area contributed by atoms with Gasteiger partial charge in [-0.3, -0.25) is 10.00 Å². The highest BCUT2D eigenvalue weighted by atomic mass is 32.1. The number of amides is 2. The molecule has 0 spiro atoms. The molecule has 4 aromatic rings. The molecule has 11 heteroatoms. The Bertz CT molecular complexity index is 1370. The molecular formula is C25H30N8O2S. The summed E-state index contributed by atoms with van der Waals surface area (Å²) in [7, 11) is 1.65. The van der Waals surface area contributed by atoms with Crippen LogP contribution in [-0.2, 0) is 11.3 Å². The third-order valence-electron chi connectivity index (χ3n) is 6.97. The molecule has 2 fully saturated rings. The van der Waals surface area contributed by atoms with Crippen molar-refractivity contribution in [1.29, 1.82) is 0 Å². The second-order valence-corrected chi connectivity index (χ2v) is 10.4. The molecule has 0 radical (unpaired) electrons. The van der Waals surface area contributed by atoms with E-state index in [2.05, 4.69) is 42.8 Å². The minimum Gasteiger partial charge on any atom is -0.378 e. The van der Waals surface area contributed by atoms with E-state index >= 15 is 0 Å². The Morgan fingerprint density at radius 1 is 1.19 bits per heavy atom. The number of rotatable bonds is 5. The van der Waals surface area contributed by atoms with Gasteiger partial charge >= 0.3 is 6.03 Å². The van der Waals surface area contributed by atoms with E-state index in [0.29, 0.717) is 13.2 Å². The van der Waals surface area contributed by atoms with Crippen LogP contribution in [0.1, 0.15) is 17.7 Å². The Balaban J connectivity index is 1.30. The molecule has 0 aliphatic carbocycles. The van der Waals surface area contributed by atoms with Crippen LogP contribution >= 0.6 is 11.3 Å². The number of carbonyl (C=O) groups is 1. The number of fused-ring (bicyclic) bond motifs is 2. The number of aromatic nitrogens is 4. The maximum atomic E-state index is 11.6. The van der Waals surface area contributed by atoms with E-state index in [9.17, 15) is 4.79 Å². The molecule has 3 N–H and O–H groups in total. The average Bonchev–Trinajstić information content (AvgIpc) is 3.56. The molecular weight excluding hydrogens is 476 g/mol. The van der Waals surface area contributed by atoms with E-state index in [0.717, 1.165) is 83.9 Å². The van der Waals surface area contributed by atoms with Gasteiger partial charge in [-0.25, -0.2) is 14.8 Å². The van der Waals surface area contributed by atoms with Crippen LogP contribution in [-0.4, -0.2) is 83.6 Å². The van der Waals surface area contributed by atoms with Crippen molar-refractivity contribution in [3.05, 3.63) is 35.3 Å². The molecule has 1 aromatic carbocycles. The maximum absolute atomic E-state index is 11.6. The summed E-state index contributed by atoms with van der Waals surface area (Å²) in [6.45, 7) is 5.84. The summed E-state index contributed by atoms with van der Waals surface area (Å²) < 4.78 is 6.74. The zero-order chi connectivity index (χ0) is 24.5. The van der Waals surface area contributed by atoms with Gasteiger partial charge in [-0.05, 0) is 25.0 Å². The van der Waals surface area contributed by atoms with Crippen molar-refractivity contribution in [1.82, 2.24) is 35.7 Å². The number of likely N-dealkylation sites (tertiary alicyclic amines) is 1. The molecule has 10 nitrogen and oxygen atoms in total. The van der Waals surface area contributed by atoms with Gasteiger partial charge in [0.25, 0.3) is 0 Å². The van der Waals surface area contributed by atoms with Gasteiger partial charge in [0.05, 0.1) is 35.1 Å². The molecule has 2 amide bonds. The first-order valence-corrected chi connectivity index (χ1v) is 13.3. The predicted octanol–water partition coefficient (Wildman–Crippen LogP) is 2.96. The number of hydrogen-bond acceptors (Lipinski definition) is 8. The van der Waals surface area contributed by atoms with Gasteiger partial charge in [0.1, 0.15) is 0 Å². The molecule has 0 atom stereocenters. The highest BCUT2D eigenvalue weighted by Crippen LogP contribution is 2.36. The molecule has 2 aliphatic rings. The van der Waals surface area contributed by atoms with Crippen LogP contribution in [0.3, 0.4) is 0 Å². The molecule has 0 saturated carbocycles. The topological polar surface area (TPSA) is 111 Å². The van der Waals surface area contributed by atoms with Gasteiger partial charge in [-0.15, -0.1) is 11.3 Å². The number of carbonyl (C=O) groups excluding carboxylic acids is 1. The van der Waals surface area contributed by atoms with Gasteiger partial charge in [0.15, 0.2) is 11.6 Å². The standard InChI is InChI=1S/C25H30N8O2S/c1-26-25(34)28-16-5-7-32(8-6-16)15-17-13-21-22(36-17)24(33-9-11-35-12-10-33)30-23(29-21)18-3-2-4-20-19(18)14-27-31-20/h2-4,13-14,16H,5-12,15H2,1H3,(H,27,31)(H2,26,28,34). The fourth-order valence-electron chi connectivity index (χ4n) is 5.03. The van der Waals surface area contributed by atoms with E-state index in [-0.39, 0.29) is 12.1 Å². The smallest absolute Gasteiger partial charge is 0.314 e. The number of morpholine rings is 1. The minimum atomic E-state index is -0.103. The number of H-pyrrole nitrogens is 1. The third kappa shape index (κ3) is 4.61. The van der Waals surface area contributed by atoms with Gasteiger partial charge in [-0.1, -0.05) is 12.1 Å².